The van der Waals surface area contributed by atoms with E-state index in [1.165, 1.54) is 12.1 Å². The second-order valence-corrected chi connectivity index (χ2v) is 9.90. The standard InChI is InChI=1S/C26H24Cl2FN3O4/c27-16-2-10-23-15(11-16)1-9-24(31-23)25(33)30-17-3-5-18(6-4-17)32-13-20(36-26(32)34)14-35-19-7-8-21(28)22(29)12-19/h1-2,7-12,17-18,20H,3-6,13-14H2,(H,30,33)/t17-,18-,20?. The summed E-state index contributed by atoms with van der Waals surface area (Å²) in [5, 5.41) is 4.58. The Morgan fingerprint density at radius 2 is 1.92 bits per heavy atom. The number of fused-ring (bicyclic) bond motifs is 1. The molecule has 1 aliphatic heterocycles. The maximum atomic E-state index is 13.6. The minimum atomic E-state index is -0.565. The quantitative estimate of drug-likeness (QED) is 0.446. The second-order valence-electron chi connectivity index (χ2n) is 9.06. The van der Waals surface area contributed by atoms with Crippen LogP contribution < -0.4 is 10.1 Å². The zero-order valence-corrected chi connectivity index (χ0v) is 20.8. The van der Waals surface area contributed by atoms with Crippen LogP contribution in [0.4, 0.5) is 9.18 Å². The maximum absolute atomic E-state index is 13.6. The van der Waals surface area contributed by atoms with Gasteiger partial charge in [0.25, 0.3) is 5.91 Å². The summed E-state index contributed by atoms with van der Waals surface area (Å²) in [4.78, 5) is 31.4. The Morgan fingerprint density at radius 1 is 1.11 bits per heavy atom. The first-order valence-electron chi connectivity index (χ1n) is 11.8. The summed E-state index contributed by atoms with van der Waals surface area (Å²) in [6.07, 6.45) is 2.17. The highest BCUT2D eigenvalue weighted by Gasteiger charge is 2.38. The van der Waals surface area contributed by atoms with Crippen LogP contribution >= 0.6 is 23.2 Å². The molecule has 188 valence electrons. The van der Waals surface area contributed by atoms with E-state index in [1.807, 2.05) is 12.1 Å². The molecule has 1 saturated carbocycles. The van der Waals surface area contributed by atoms with Gasteiger partial charge in [0, 0.05) is 28.6 Å². The molecule has 1 aliphatic carbocycles. The van der Waals surface area contributed by atoms with E-state index in [4.69, 9.17) is 32.7 Å². The van der Waals surface area contributed by atoms with E-state index >= 15 is 0 Å². The first-order chi connectivity index (χ1) is 17.4. The molecule has 1 aromatic heterocycles. The van der Waals surface area contributed by atoms with Gasteiger partial charge < -0.3 is 19.7 Å². The number of cyclic esters (lactones) is 1. The van der Waals surface area contributed by atoms with Gasteiger partial charge in [-0.05, 0) is 62.1 Å². The molecule has 0 bridgehead atoms. The lowest BCUT2D eigenvalue weighted by atomic mass is 9.90. The molecule has 0 radical (unpaired) electrons. The van der Waals surface area contributed by atoms with Crippen molar-refractivity contribution in [2.75, 3.05) is 13.2 Å². The molecule has 1 saturated heterocycles. The minimum absolute atomic E-state index is 0.00835. The Labute approximate surface area is 217 Å². The second kappa shape index (κ2) is 10.5. The lowest BCUT2D eigenvalue weighted by Gasteiger charge is -2.33. The Hall–Kier alpha value is -3.10. The van der Waals surface area contributed by atoms with Crippen molar-refractivity contribution >= 4 is 46.1 Å². The molecule has 2 fully saturated rings. The van der Waals surface area contributed by atoms with Gasteiger partial charge in [0.2, 0.25) is 0 Å². The third kappa shape index (κ3) is 5.50. The van der Waals surface area contributed by atoms with Gasteiger partial charge in [0.05, 0.1) is 17.1 Å². The van der Waals surface area contributed by atoms with E-state index in [-0.39, 0.29) is 35.7 Å². The fourth-order valence-corrected chi connectivity index (χ4v) is 4.99. The first-order valence-corrected chi connectivity index (χ1v) is 12.5. The fraction of sp³-hybridized carbons (Fsp3) is 0.346. The van der Waals surface area contributed by atoms with Gasteiger partial charge in [-0.25, -0.2) is 14.2 Å². The molecule has 0 spiro atoms. The van der Waals surface area contributed by atoms with Crippen LogP contribution in [0.3, 0.4) is 0 Å². The fourth-order valence-electron chi connectivity index (χ4n) is 4.70. The minimum Gasteiger partial charge on any atom is -0.490 e. The number of aromatic nitrogens is 1. The van der Waals surface area contributed by atoms with E-state index < -0.39 is 11.9 Å². The van der Waals surface area contributed by atoms with Crippen LogP contribution in [-0.2, 0) is 4.74 Å². The van der Waals surface area contributed by atoms with Crippen LogP contribution in [0.1, 0.15) is 36.2 Å². The van der Waals surface area contributed by atoms with Crippen LogP contribution in [0.25, 0.3) is 10.9 Å². The van der Waals surface area contributed by atoms with Crippen molar-refractivity contribution in [3.8, 4) is 5.75 Å². The number of halogens is 3. The van der Waals surface area contributed by atoms with Crippen molar-refractivity contribution < 1.29 is 23.5 Å². The predicted octanol–water partition coefficient (Wildman–Crippen LogP) is 5.62. The third-order valence-corrected chi connectivity index (χ3v) is 7.13. The zero-order chi connectivity index (χ0) is 25.2. The van der Waals surface area contributed by atoms with Gasteiger partial charge >= 0.3 is 6.09 Å². The SMILES string of the molecule is O=C(N[C@H]1CC[C@H](N2CC(COc3ccc(Cl)c(F)c3)OC2=O)CC1)c1ccc2cc(Cl)ccc2n1. The van der Waals surface area contributed by atoms with Crippen LogP contribution in [0.15, 0.2) is 48.5 Å². The molecule has 2 aliphatic rings. The number of amides is 2. The predicted molar refractivity (Wildman–Crippen MR) is 134 cm³/mol. The summed E-state index contributed by atoms with van der Waals surface area (Å²) < 4.78 is 24.6. The highest BCUT2D eigenvalue weighted by atomic mass is 35.5. The monoisotopic (exact) mass is 531 g/mol. The van der Waals surface area contributed by atoms with Crippen LogP contribution in [-0.4, -0.2) is 53.2 Å². The largest absolute Gasteiger partial charge is 0.490 e. The molecule has 2 aromatic carbocycles. The number of pyridine rings is 1. The Kier molecular flexibility index (Phi) is 7.16. The molecule has 1 atom stereocenters. The number of hydrogen-bond donors (Lipinski definition) is 1. The van der Waals surface area contributed by atoms with Gasteiger partial charge in [0.1, 0.15) is 23.9 Å². The van der Waals surface area contributed by atoms with Gasteiger partial charge in [-0.15, -0.1) is 0 Å². The molecule has 3 aromatic rings. The number of ether oxygens (including phenoxy) is 2. The number of carbonyl (C=O) groups is 2. The molecular formula is C26H24Cl2FN3O4. The van der Waals surface area contributed by atoms with Gasteiger partial charge in [-0.2, -0.15) is 0 Å². The molecule has 2 heterocycles. The summed E-state index contributed by atoms with van der Waals surface area (Å²) in [6, 6.07) is 13.1. The molecule has 2 amide bonds. The average Bonchev–Trinajstić information content (AvgIpc) is 3.25. The molecule has 1 unspecified atom stereocenters. The molecular weight excluding hydrogens is 508 g/mol. The van der Waals surface area contributed by atoms with Crippen LogP contribution in [0, 0.1) is 5.82 Å². The highest BCUT2D eigenvalue weighted by molar-refractivity contribution is 6.31. The summed E-state index contributed by atoms with van der Waals surface area (Å²) in [6.45, 7) is 0.529. The third-order valence-electron chi connectivity index (χ3n) is 6.59. The molecule has 5 rings (SSSR count). The Balaban J connectivity index is 1.10. The number of benzene rings is 2. The molecule has 36 heavy (non-hydrogen) atoms. The van der Waals surface area contributed by atoms with Crippen molar-refractivity contribution in [3.63, 3.8) is 0 Å². The van der Waals surface area contributed by atoms with Crippen LogP contribution in [0.2, 0.25) is 10.0 Å². The van der Waals surface area contributed by atoms with Crippen molar-refractivity contribution in [1.29, 1.82) is 0 Å². The van der Waals surface area contributed by atoms with E-state index in [9.17, 15) is 14.0 Å². The highest BCUT2D eigenvalue weighted by Crippen LogP contribution is 2.28. The lowest BCUT2D eigenvalue weighted by molar-refractivity contribution is 0.0900. The van der Waals surface area contributed by atoms with Crippen molar-refractivity contribution in [2.45, 2.75) is 43.9 Å². The zero-order valence-electron chi connectivity index (χ0n) is 19.3. The maximum Gasteiger partial charge on any atom is 0.410 e. The number of hydrogen-bond acceptors (Lipinski definition) is 5. The number of rotatable bonds is 6. The normalized spacial score (nSPS) is 21.9. The van der Waals surface area contributed by atoms with Crippen molar-refractivity contribution in [2.24, 2.45) is 0 Å². The van der Waals surface area contributed by atoms with E-state index in [0.717, 1.165) is 31.1 Å². The van der Waals surface area contributed by atoms with Gasteiger partial charge in [-0.3, -0.25) is 4.79 Å². The molecule has 7 nitrogen and oxygen atoms in total. The number of nitrogens with zero attached hydrogens (tertiary/aromatic N) is 2. The summed E-state index contributed by atoms with van der Waals surface area (Å²) in [7, 11) is 0. The average molecular weight is 532 g/mol. The van der Waals surface area contributed by atoms with E-state index in [0.29, 0.717) is 28.5 Å². The molecule has 10 heteroatoms. The number of nitrogens with one attached hydrogen (secondary N) is 1. The first kappa shape index (κ1) is 24.6. The Bertz CT molecular complexity index is 1300. The van der Waals surface area contributed by atoms with Gasteiger partial charge in [0.15, 0.2) is 6.10 Å². The van der Waals surface area contributed by atoms with E-state index in [1.54, 1.807) is 29.2 Å². The summed E-state index contributed by atoms with van der Waals surface area (Å²) >= 11 is 11.7. The number of carbonyl (C=O) groups excluding carboxylic acids is 2. The van der Waals surface area contributed by atoms with Crippen molar-refractivity contribution in [1.82, 2.24) is 15.2 Å². The lowest BCUT2D eigenvalue weighted by Crippen LogP contribution is -2.44. The van der Waals surface area contributed by atoms with Gasteiger partial charge in [-0.1, -0.05) is 29.3 Å². The van der Waals surface area contributed by atoms with Crippen LogP contribution in [0.5, 0.6) is 5.75 Å². The topological polar surface area (TPSA) is 80.8 Å². The van der Waals surface area contributed by atoms with Crippen molar-refractivity contribution in [3.05, 3.63) is 70.1 Å². The van der Waals surface area contributed by atoms with E-state index in [2.05, 4.69) is 10.3 Å². The Morgan fingerprint density at radius 3 is 2.69 bits per heavy atom. The molecule has 1 N–H and O–H groups in total. The smallest absolute Gasteiger partial charge is 0.410 e. The summed E-state index contributed by atoms with van der Waals surface area (Å²) in [5.41, 5.74) is 1.07. The summed E-state index contributed by atoms with van der Waals surface area (Å²) in [5.74, 6) is -0.455.